The number of nitrogens with one attached hydrogen (secondary N) is 1. The Kier molecular flexibility index (Phi) is 3.22. The van der Waals surface area contributed by atoms with Crippen LogP contribution in [0.15, 0.2) is 41.1 Å². The Hall–Kier alpha value is -1.81. The van der Waals surface area contributed by atoms with Crippen molar-refractivity contribution in [2.45, 2.75) is 19.5 Å². The van der Waals surface area contributed by atoms with Gasteiger partial charge in [0.25, 0.3) is 0 Å². The van der Waals surface area contributed by atoms with Gasteiger partial charge in [0.1, 0.15) is 11.5 Å². The first kappa shape index (κ1) is 10.7. The molecule has 0 aliphatic heterocycles. The first-order valence-electron chi connectivity index (χ1n) is 5.16. The molecule has 2 N–H and O–H groups in total. The molecule has 0 spiro atoms. The van der Waals surface area contributed by atoms with Crippen LogP contribution in [-0.4, -0.2) is 10.1 Å². The van der Waals surface area contributed by atoms with Gasteiger partial charge in [-0.15, -0.1) is 0 Å². The lowest BCUT2D eigenvalue weighted by atomic mass is 10.2. The molecule has 2 aromatic heterocycles. The second-order valence-electron chi connectivity index (χ2n) is 3.63. The monoisotopic (exact) mass is 218 g/mol. The van der Waals surface area contributed by atoms with Crippen LogP contribution in [0, 0.1) is 0 Å². The zero-order chi connectivity index (χ0) is 11.4. The smallest absolute Gasteiger partial charge is 0.133 e. The van der Waals surface area contributed by atoms with E-state index in [2.05, 4.69) is 10.3 Å². The van der Waals surface area contributed by atoms with Crippen molar-refractivity contribution in [3.8, 4) is 5.75 Å². The number of pyridine rings is 1. The van der Waals surface area contributed by atoms with Gasteiger partial charge in [-0.25, -0.2) is 0 Å². The number of rotatable bonds is 4. The second kappa shape index (κ2) is 4.81. The van der Waals surface area contributed by atoms with Crippen LogP contribution in [0.25, 0.3) is 0 Å². The molecule has 0 saturated carbocycles. The Labute approximate surface area is 93.9 Å². The molecular formula is C12H14N2O2. The number of furan rings is 1. The Bertz CT molecular complexity index is 423. The Morgan fingerprint density at radius 1 is 1.44 bits per heavy atom. The third-order valence-corrected chi connectivity index (χ3v) is 2.37. The zero-order valence-electron chi connectivity index (χ0n) is 9.05. The second-order valence-corrected chi connectivity index (χ2v) is 3.63. The minimum Gasteiger partial charge on any atom is -0.506 e. The Morgan fingerprint density at radius 2 is 2.31 bits per heavy atom. The lowest BCUT2D eigenvalue weighted by Crippen LogP contribution is -2.18. The van der Waals surface area contributed by atoms with Gasteiger partial charge in [0, 0.05) is 6.54 Å². The van der Waals surface area contributed by atoms with E-state index in [-0.39, 0.29) is 11.8 Å². The fourth-order valence-corrected chi connectivity index (χ4v) is 1.42. The van der Waals surface area contributed by atoms with E-state index < -0.39 is 0 Å². The summed E-state index contributed by atoms with van der Waals surface area (Å²) in [6.07, 6.45) is 3.10. The van der Waals surface area contributed by atoms with Crippen molar-refractivity contribution >= 4 is 0 Å². The van der Waals surface area contributed by atoms with Gasteiger partial charge >= 0.3 is 0 Å². The number of aromatic nitrogens is 1. The van der Waals surface area contributed by atoms with E-state index in [0.29, 0.717) is 6.54 Å². The van der Waals surface area contributed by atoms with Crippen molar-refractivity contribution in [2.24, 2.45) is 0 Å². The summed E-state index contributed by atoms with van der Waals surface area (Å²) in [5.74, 6) is 1.08. The molecule has 0 radical (unpaired) electrons. The van der Waals surface area contributed by atoms with Gasteiger partial charge in [-0.3, -0.25) is 4.98 Å². The van der Waals surface area contributed by atoms with E-state index in [9.17, 15) is 0 Å². The molecule has 0 amide bonds. The fraction of sp³-hybridized carbons (Fsp3) is 0.250. The SMILES string of the molecule is C[C@@H](NCc1ccc(O)cn1)c1ccco1. The largest absolute Gasteiger partial charge is 0.506 e. The highest BCUT2D eigenvalue weighted by Crippen LogP contribution is 2.13. The molecular weight excluding hydrogens is 204 g/mol. The lowest BCUT2D eigenvalue weighted by Gasteiger charge is -2.10. The summed E-state index contributed by atoms with van der Waals surface area (Å²) < 4.78 is 5.28. The maximum atomic E-state index is 9.09. The zero-order valence-corrected chi connectivity index (χ0v) is 9.05. The molecule has 1 atom stereocenters. The normalized spacial score (nSPS) is 12.6. The molecule has 84 valence electrons. The van der Waals surface area contributed by atoms with Crippen LogP contribution in [0.3, 0.4) is 0 Å². The molecule has 2 rings (SSSR count). The van der Waals surface area contributed by atoms with Crippen molar-refractivity contribution in [1.29, 1.82) is 0 Å². The van der Waals surface area contributed by atoms with Crippen molar-refractivity contribution in [2.75, 3.05) is 0 Å². The number of hydrogen-bond donors (Lipinski definition) is 2. The Balaban J connectivity index is 1.90. The van der Waals surface area contributed by atoms with E-state index in [1.807, 2.05) is 19.1 Å². The average Bonchev–Trinajstić information content (AvgIpc) is 2.81. The van der Waals surface area contributed by atoms with Gasteiger partial charge < -0.3 is 14.8 Å². The third kappa shape index (κ3) is 2.61. The summed E-state index contributed by atoms with van der Waals surface area (Å²) in [5, 5.41) is 12.4. The van der Waals surface area contributed by atoms with Crippen LogP contribution in [0.5, 0.6) is 5.75 Å². The topological polar surface area (TPSA) is 58.3 Å². The molecule has 0 aliphatic carbocycles. The van der Waals surface area contributed by atoms with Gasteiger partial charge in [0.05, 0.1) is 24.2 Å². The molecule has 4 nitrogen and oxygen atoms in total. The van der Waals surface area contributed by atoms with Crippen molar-refractivity contribution < 1.29 is 9.52 Å². The highest BCUT2D eigenvalue weighted by molar-refractivity contribution is 5.18. The van der Waals surface area contributed by atoms with Crippen LogP contribution >= 0.6 is 0 Å². The molecule has 0 saturated heterocycles. The summed E-state index contributed by atoms with van der Waals surface area (Å²) in [5.41, 5.74) is 0.885. The first-order chi connectivity index (χ1) is 7.75. The summed E-state index contributed by atoms with van der Waals surface area (Å²) in [6, 6.07) is 7.36. The van der Waals surface area contributed by atoms with Gasteiger partial charge in [-0.2, -0.15) is 0 Å². The summed E-state index contributed by atoms with van der Waals surface area (Å²) >= 11 is 0. The quantitative estimate of drug-likeness (QED) is 0.826. The van der Waals surface area contributed by atoms with Crippen LogP contribution in [0.4, 0.5) is 0 Å². The van der Waals surface area contributed by atoms with E-state index >= 15 is 0 Å². The van der Waals surface area contributed by atoms with Gasteiger partial charge in [0.2, 0.25) is 0 Å². The Morgan fingerprint density at radius 3 is 2.94 bits per heavy atom. The average molecular weight is 218 g/mol. The van der Waals surface area contributed by atoms with Gasteiger partial charge in [0.15, 0.2) is 0 Å². The summed E-state index contributed by atoms with van der Waals surface area (Å²) in [6.45, 7) is 2.67. The predicted octanol–water partition coefficient (Wildman–Crippen LogP) is 2.23. The van der Waals surface area contributed by atoms with Gasteiger partial charge in [-0.05, 0) is 31.2 Å². The van der Waals surface area contributed by atoms with Crippen molar-refractivity contribution in [3.05, 3.63) is 48.2 Å². The molecule has 0 fully saturated rings. The maximum absolute atomic E-state index is 9.09. The molecule has 2 aromatic rings. The maximum Gasteiger partial charge on any atom is 0.133 e. The molecule has 16 heavy (non-hydrogen) atoms. The summed E-state index contributed by atoms with van der Waals surface area (Å²) in [4.78, 5) is 4.09. The van der Waals surface area contributed by atoms with Gasteiger partial charge in [-0.1, -0.05) is 0 Å². The molecule has 0 aromatic carbocycles. The highest BCUT2D eigenvalue weighted by Gasteiger charge is 2.07. The first-order valence-corrected chi connectivity index (χ1v) is 5.16. The van der Waals surface area contributed by atoms with Crippen LogP contribution in [-0.2, 0) is 6.54 Å². The highest BCUT2D eigenvalue weighted by atomic mass is 16.3. The minimum atomic E-state index is 0.144. The standard InChI is InChI=1S/C12H14N2O2/c1-9(12-3-2-6-16-12)13-7-10-4-5-11(15)8-14-10/h2-6,8-9,13,15H,7H2,1H3/t9-/m1/s1. The third-order valence-electron chi connectivity index (χ3n) is 2.37. The molecule has 0 unspecified atom stereocenters. The van der Waals surface area contributed by atoms with E-state index in [4.69, 9.17) is 9.52 Å². The fourth-order valence-electron chi connectivity index (χ4n) is 1.42. The predicted molar refractivity (Wildman–Crippen MR) is 59.9 cm³/mol. The molecule has 4 heteroatoms. The van der Waals surface area contributed by atoms with Crippen LogP contribution < -0.4 is 5.32 Å². The van der Waals surface area contributed by atoms with Crippen molar-refractivity contribution in [1.82, 2.24) is 10.3 Å². The summed E-state index contributed by atoms with van der Waals surface area (Å²) in [7, 11) is 0. The van der Waals surface area contributed by atoms with E-state index in [1.165, 1.54) is 6.20 Å². The van der Waals surface area contributed by atoms with Crippen molar-refractivity contribution in [3.63, 3.8) is 0 Å². The molecule has 0 aliphatic rings. The van der Waals surface area contributed by atoms with E-state index in [1.54, 1.807) is 18.4 Å². The number of hydrogen-bond acceptors (Lipinski definition) is 4. The number of nitrogens with zero attached hydrogens (tertiary/aromatic N) is 1. The molecule has 0 bridgehead atoms. The minimum absolute atomic E-state index is 0.144. The lowest BCUT2D eigenvalue weighted by molar-refractivity contribution is 0.428. The molecule has 2 heterocycles. The number of aromatic hydroxyl groups is 1. The van der Waals surface area contributed by atoms with E-state index in [0.717, 1.165) is 11.5 Å². The van der Waals surface area contributed by atoms with Crippen LogP contribution in [0.2, 0.25) is 0 Å². The van der Waals surface area contributed by atoms with Crippen LogP contribution in [0.1, 0.15) is 24.4 Å².